The predicted molar refractivity (Wildman–Crippen MR) is 90.7 cm³/mol. The average Bonchev–Trinajstić information content (AvgIpc) is 2.87. The molecule has 0 unspecified atom stereocenters. The van der Waals surface area contributed by atoms with Crippen LogP contribution in [0.5, 0.6) is 0 Å². The van der Waals surface area contributed by atoms with Crippen LogP contribution in [0.15, 0.2) is 23.0 Å². The molecule has 0 saturated carbocycles. The van der Waals surface area contributed by atoms with E-state index in [0.717, 1.165) is 41.8 Å². The molecular weight excluding hydrogens is 320 g/mol. The molecule has 3 aromatic rings. The molecule has 1 aliphatic heterocycles. The quantitative estimate of drug-likeness (QED) is 0.756. The largest absolute Gasteiger partial charge is 0.308 e. The van der Waals surface area contributed by atoms with Crippen LogP contribution < -0.4 is 10.9 Å². The molecule has 5 nitrogen and oxygen atoms in total. The van der Waals surface area contributed by atoms with Crippen molar-refractivity contribution in [2.75, 3.05) is 19.8 Å². The minimum atomic E-state index is -0.0673. The molecule has 4 rings (SSSR count). The van der Waals surface area contributed by atoms with E-state index in [0.29, 0.717) is 22.1 Å². The van der Waals surface area contributed by atoms with Gasteiger partial charge in [-0.2, -0.15) is 0 Å². The number of aromatic amines is 1. The molecule has 3 heterocycles. The molecular formula is C15H15ClN4OS. The normalized spacial score (nSPS) is 16.6. The van der Waals surface area contributed by atoms with Gasteiger partial charge < -0.3 is 10.3 Å². The maximum atomic E-state index is 12.3. The zero-order valence-electron chi connectivity index (χ0n) is 11.9. The van der Waals surface area contributed by atoms with Gasteiger partial charge in [0, 0.05) is 28.3 Å². The molecule has 22 heavy (non-hydrogen) atoms. The Morgan fingerprint density at radius 1 is 1.41 bits per heavy atom. The number of halogens is 1. The standard InChI is InChI=1S/C15H15ClN4OS/c16-9-2-3-11-10(6-9)13-14(22-11)15(21)19-12(18-13)7-20-5-1-4-17-8-20/h2-3,6,17H,1,4-5,7-8H2,(H,18,19,21). The number of benzene rings is 1. The number of aromatic nitrogens is 2. The number of thiophene rings is 1. The third-order valence-corrected chi connectivity index (χ3v) is 5.27. The van der Waals surface area contributed by atoms with Crippen LogP contribution in [0.25, 0.3) is 20.3 Å². The minimum Gasteiger partial charge on any atom is -0.308 e. The van der Waals surface area contributed by atoms with E-state index in [2.05, 4.69) is 20.2 Å². The van der Waals surface area contributed by atoms with Crippen molar-refractivity contribution in [3.05, 3.63) is 39.4 Å². The molecule has 7 heteroatoms. The van der Waals surface area contributed by atoms with Crippen molar-refractivity contribution in [1.82, 2.24) is 20.2 Å². The van der Waals surface area contributed by atoms with Gasteiger partial charge in [-0.3, -0.25) is 9.69 Å². The zero-order valence-corrected chi connectivity index (χ0v) is 13.4. The van der Waals surface area contributed by atoms with Crippen molar-refractivity contribution in [1.29, 1.82) is 0 Å². The third-order valence-electron chi connectivity index (χ3n) is 3.87. The molecule has 1 aromatic carbocycles. The van der Waals surface area contributed by atoms with Gasteiger partial charge >= 0.3 is 0 Å². The van der Waals surface area contributed by atoms with Crippen LogP contribution in [0, 0.1) is 0 Å². The van der Waals surface area contributed by atoms with Crippen molar-refractivity contribution in [2.45, 2.75) is 13.0 Å². The molecule has 0 amide bonds. The lowest BCUT2D eigenvalue weighted by atomic mass is 10.2. The van der Waals surface area contributed by atoms with E-state index in [1.807, 2.05) is 18.2 Å². The second kappa shape index (κ2) is 5.62. The van der Waals surface area contributed by atoms with Gasteiger partial charge in [-0.15, -0.1) is 11.3 Å². The van der Waals surface area contributed by atoms with Crippen molar-refractivity contribution >= 4 is 43.2 Å². The Kier molecular flexibility index (Phi) is 3.62. The molecule has 0 bridgehead atoms. The Bertz CT molecular complexity index is 898. The first-order valence-electron chi connectivity index (χ1n) is 7.25. The number of hydrogen-bond acceptors (Lipinski definition) is 5. The molecule has 114 valence electrons. The van der Waals surface area contributed by atoms with Crippen LogP contribution in [0.4, 0.5) is 0 Å². The molecule has 2 aromatic heterocycles. The van der Waals surface area contributed by atoms with Crippen molar-refractivity contribution < 1.29 is 0 Å². The smallest absolute Gasteiger partial charge is 0.268 e. The summed E-state index contributed by atoms with van der Waals surface area (Å²) >= 11 is 7.55. The van der Waals surface area contributed by atoms with E-state index < -0.39 is 0 Å². The second-order valence-corrected chi connectivity index (χ2v) is 6.99. The molecule has 0 spiro atoms. The fraction of sp³-hybridized carbons (Fsp3) is 0.333. The monoisotopic (exact) mass is 334 g/mol. The summed E-state index contributed by atoms with van der Waals surface area (Å²) in [5.74, 6) is 0.709. The maximum absolute atomic E-state index is 12.3. The van der Waals surface area contributed by atoms with Gasteiger partial charge in [0.15, 0.2) is 0 Å². The van der Waals surface area contributed by atoms with E-state index in [9.17, 15) is 4.79 Å². The van der Waals surface area contributed by atoms with Crippen LogP contribution in [0.3, 0.4) is 0 Å². The Morgan fingerprint density at radius 3 is 3.14 bits per heavy atom. The molecule has 0 aliphatic carbocycles. The summed E-state index contributed by atoms with van der Waals surface area (Å²) in [6, 6.07) is 5.67. The van der Waals surface area contributed by atoms with Crippen LogP contribution in [0.2, 0.25) is 5.02 Å². The summed E-state index contributed by atoms with van der Waals surface area (Å²) in [5, 5.41) is 4.95. The zero-order chi connectivity index (χ0) is 15.1. The SMILES string of the molecule is O=c1[nH]c(CN2CCCNC2)nc2c1sc1ccc(Cl)cc12. The minimum absolute atomic E-state index is 0.0673. The molecule has 0 radical (unpaired) electrons. The number of nitrogens with zero attached hydrogens (tertiary/aromatic N) is 2. The van der Waals surface area contributed by atoms with Gasteiger partial charge in [0.1, 0.15) is 10.5 Å². The summed E-state index contributed by atoms with van der Waals surface area (Å²) in [6.45, 7) is 3.55. The van der Waals surface area contributed by atoms with E-state index in [-0.39, 0.29) is 5.56 Å². The van der Waals surface area contributed by atoms with Crippen molar-refractivity contribution in [2.24, 2.45) is 0 Å². The van der Waals surface area contributed by atoms with Gasteiger partial charge in [0.05, 0.1) is 12.1 Å². The van der Waals surface area contributed by atoms with Gasteiger partial charge in [0.25, 0.3) is 5.56 Å². The predicted octanol–water partition coefficient (Wildman–Crippen LogP) is 2.54. The molecule has 1 aliphatic rings. The lowest BCUT2D eigenvalue weighted by Gasteiger charge is -2.26. The lowest BCUT2D eigenvalue weighted by Crippen LogP contribution is -2.41. The van der Waals surface area contributed by atoms with Crippen LogP contribution >= 0.6 is 22.9 Å². The number of hydrogen-bond donors (Lipinski definition) is 2. The first-order valence-corrected chi connectivity index (χ1v) is 8.44. The van der Waals surface area contributed by atoms with Gasteiger partial charge in [-0.05, 0) is 31.2 Å². The average molecular weight is 335 g/mol. The van der Waals surface area contributed by atoms with E-state index >= 15 is 0 Å². The van der Waals surface area contributed by atoms with Gasteiger partial charge in [0.2, 0.25) is 0 Å². The lowest BCUT2D eigenvalue weighted by molar-refractivity contribution is 0.203. The first kappa shape index (κ1) is 14.1. The van der Waals surface area contributed by atoms with E-state index in [1.165, 1.54) is 11.3 Å². The Labute approximate surface area is 135 Å². The fourth-order valence-electron chi connectivity index (χ4n) is 2.84. The third kappa shape index (κ3) is 2.52. The highest BCUT2D eigenvalue weighted by Gasteiger charge is 2.15. The number of nitrogens with one attached hydrogen (secondary N) is 2. The highest BCUT2D eigenvalue weighted by atomic mass is 35.5. The highest BCUT2D eigenvalue weighted by molar-refractivity contribution is 7.25. The Hall–Kier alpha value is -1.47. The number of fused-ring (bicyclic) bond motifs is 3. The van der Waals surface area contributed by atoms with E-state index in [1.54, 1.807) is 0 Å². The first-order chi connectivity index (χ1) is 10.7. The van der Waals surface area contributed by atoms with Crippen LogP contribution in [-0.4, -0.2) is 34.6 Å². The van der Waals surface area contributed by atoms with E-state index in [4.69, 9.17) is 11.6 Å². The molecule has 1 saturated heterocycles. The van der Waals surface area contributed by atoms with Gasteiger partial charge in [-0.1, -0.05) is 11.6 Å². The summed E-state index contributed by atoms with van der Waals surface area (Å²) in [7, 11) is 0. The number of rotatable bonds is 2. The fourth-order valence-corrected chi connectivity index (χ4v) is 4.03. The summed E-state index contributed by atoms with van der Waals surface area (Å²) in [4.78, 5) is 22.2. The molecule has 1 fully saturated rings. The topological polar surface area (TPSA) is 61.0 Å². The Balaban J connectivity index is 1.81. The molecule has 2 N–H and O–H groups in total. The summed E-state index contributed by atoms with van der Waals surface area (Å²) in [5.41, 5.74) is 0.688. The summed E-state index contributed by atoms with van der Waals surface area (Å²) in [6.07, 6.45) is 1.11. The summed E-state index contributed by atoms with van der Waals surface area (Å²) < 4.78 is 1.70. The Morgan fingerprint density at radius 2 is 2.32 bits per heavy atom. The number of H-pyrrole nitrogens is 1. The van der Waals surface area contributed by atoms with Crippen LogP contribution in [-0.2, 0) is 6.54 Å². The van der Waals surface area contributed by atoms with Crippen molar-refractivity contribution in [3.63, 3.8) is 0 Å². The van der Waals surface area contributed by atoms with Gasteiger partial charge in [-0.25, -0.2) is 4.98 Å². The van der Waals surface area contributed by atoms with Crippen LogP contribution in [0.1, 0.15) is 12.2 Å². The van der Waals surface area contributed by atoms with Crippen molar-refractivity contribution in [3.8, 4) is 0 Å². The highest BCUT2D eigenvalue weighted by Crippen LogP contribution is 2.32. The second-order valence-electron chi connectivity index (χ2n) is 5.50. The maximum Gasteiger partial charge on any atom is 0.268 e. The molecule has 0 atom stereocenters.